The summed E-state index contributed by atoms with van der Waals surface area (Å²) in [6.45, 7) is 13.8. The van der Waals surface area contributed by atoms with Gasteiger partial charge in [0.1, 0.15) is 0 Å². The van der Waals surface area contributed by atoms with E-state index in [1.165, 1.54) is 22.3 Å². The number of benzene rings is 2. The van der Waals surface area contributed by atoms with Crippen LogP contribution >= 0.6 is 24.8 Å². The summed E-state index contributed by atoms with van der Waals surface area (Å²) in [5, 5.41) is 0. The minimum absolute atomic E-state index is 0. The molecule has 4 rings (SSSR count). The van der Waals surface area contributed by atoms with Gasteiger partial charge < -0.3 is 0 Å². The fraction of sp³-hybridized carbons (Fsp3) is 0.308. The van der Waals surface area contributed by atoms with Crippen molar-refractivity contribution in [3.63, 3.8) is 0 Å². The average molecular weight is 589 g/mol. The molecule has 0 saturated carbocycles. The molecule has 0 N–H and O–H groups in total. The number of halogens is 5. The molecule has 0 aromatic heterocycles. The first kappa shape index (κ1) is 28.4. The topological polar surface area (TPSA) is 0 Å². The second-order valence-electron chi connectivity index (χ2n) is 8.87. The summed E-state index contributed by atoms with van der Waals surface area (Å²) in [4.78, 5) is 0. The van der Waals surface area contributed by atoms with E-state index in [0.29, 0.717) is 11.5 Å². The molecular weight excluding hydrogens is 559 g/mol. The van der Waals surface area contributed by atoms with Gasteiger partial charge in [-0.15, -0.1) is 24.8 Å². The van der Waals surface area contributed by atoms with E-state index < -0.39 is 43.3 Å². The number of hydrogen-bond acceptors (Lipinski definition) is 0. The van der Waals surface area contributed by atoms with E-state index in [1.54, 1.807) is 3.28 Å². The molecule has 0 heterocycles. The first-order valence-corrected chi connectivity index (χ1v) is 19.5. The molecule has 176 valence electrons. The van der Waals surface area contributed by atoms with Crippen LogP contribution in [-0.2, 0) is 20.4 Å². The Morgan fingerprint density at radius 3 is 1.97 bits per heavy atom. The molecule has 0 radical (unpaired) electrons. The normalized spacial score (nSPS) is 19.1. The third-order valence-corrected chi connectivity index (χ3v) is 25.5. The molecule has 0 spiro atoms. The summed E-state index contributed by atoms with van der Waals surface area (Å²) in [5.74, 6) is -2.09. The predicted octanol–water partition coefficient (Wildman–Crippen LogP) is 8.56. The van der Waals surface area contributed by atoms with Gasteiger partial charge >= 0.3 is 191 Å². The van der Waals surface area contributed by atoms with Crippen LogP contribution in [0.3, 0.4) is 0 Å². The molecule has 33 heavy (non-hydrogen) atoms. The molecule has 2 aromatic rings. The predicted molar refractivity (Wildman–Crippen MR) is 135 cm³/mol. The van der Waals surface area contributed by atoms with Crippen molar-refractivity contribution in [2.24, 2.45) is 5.92 Å². The molecule has 7 heteroatoms. The summed E-state index contributed by atoms with van der Waals surface area (Å²) in [7, 11) is 0. The minimum atomic E-state index is -2.25. The molecule has 2 aromatic carbocycles. The maximum absolute atomic E-state index is 14.8. The zero-order chi connectivity index (χ0) is 22.6. The van der Waals surface area contributed by atoms with E-state index in [9.17, 15) is 13.2 Å². The number of rotatable bonds is 3. The molecule has 0 amide bonds. The molecule has 0 nitrogen and oxygen atoms in total. The van der Waals surface area contributed by atoms with Crippen molar-refractivity contribution in [1.29, 1.82) is 0 Å². The summed E-state index contributed by atoms with van der Waals surface area (Å²) < 4.78 is 45.0. The van der Waals surface area contributed by atoms with Gasteiger partial charge in [-0.05, 0) is 0 Å². The van der Waals surface area contributed by atoms with Crippen molar-refractivity contribution in [3.05, 3.63) is 96.6 Å². The third kappa shape index (κ3) is 4.81. The Morgan fingerprint density at radius 1 is 0.879 bits per heavy atom. The van der Waals surface area contributed by atoms with Crippen LogP contribution in [0.15, 0.2) is 62.5 Å². The second-order valence-corrected chi connectivity index (χ2v) is 26.3. The summed E-state index contributed by atoms with van der Waals surface area (Å²) in [6.07, 6.45) is 2.12. The Morgan fingerprint density at radius 2 is 1.45 bits per heavy atom. The molecule has 0 aliphatic heterocycles. The number of hydrogen-bond donors (Lipinski definition) is 0. The molecule has 0 bridgehead atoms. The van der Waals surface area contributed by atoms with Crippen LogP contribution in [0.1, 0.15) is 48.0 Å². The average Bonchev–Trinajstić information content (AvgIpc) is 3.15. The standard InChI is InChI=1S/C15H8F3.C9H13.C2H6Si.2ClH.Zr/c16-10-7-13(17)15(14(18)8-10)12-6-5-9-3-1-2-4-11(9)12;1-6-5-7(2)9(4)8(6)3;1-3-2;;;/h1-8H;6H,1-4H3;1-2H3;2*1H;. The van der Waals surface area contributed by atoms with Crippen molar-refractivity contribution in [2.45, 2.75) is 44.4 Å². The van der Waals surface area contributed by atoms with Gasteiger partial charge in [0, 0.05) is 0 Å². The Balaban J connectivity index is 0.00000193. The maximum Gasteiger partial charge on any atom is -0.147 e. The van der Waals surface area contributed by atoms with E-state index in [4.69, 9.17) is 0 Å². The molecule has 0 fully saturated rings. The fourth-order valence-electron chi connectivity index (χ4n) is 5.16. The Kier molecular flexibility index (Phi) is 9.29. The molecular formula is C26H29Cl2F3SiZr. The van der Waals surface area contributed by atoms with Gasteiger partial charge in [-0.1, -0.05) is 0 Å². The van der Waals surface area contributed by atoms with E-state index in [1.807, 2.05) is 18.2 Å². The van der Waals surface area contributed by atoms with E-state index in [0.717, 1.165) is 17.7 Å². The van der Waals surface area contributed by atoms with Crippen molar-refractivity contribution in [2.75, 3.05) is 0 Å². The largest absolute Gasteiger partial charge is 0.147 e. The monoisotopic (exact) mass is 586 g/mol. The van der Waals surface area contributed by atoms with Crippen LogP contribution in [-0.4, -0.2) is 5.43 Å². The summed E-state index contributed by atoms with van der Waals surface area (Å²) in [6, 6.07) is 9.58. The summed E-state index contributed by atoms with van der Waals surface area (Å²) in [5.41, 5.74) is 6.28. The van der Waals surface area contributed by atoms with Gasteiger partial charge in [-0.2, -0.15) is 0 Å². The fourth-order valence-corrected chi connectivity index (χ4v) is 24.8. The van der Waals surface area contributed by atoms with Gasteiger partial charge in [0.15, 0.2) is 0 Å². The third-order valence-electron chi connectivity index (χ3n) is 6.98. The summed E-state index contributed by atoms with van der Waals surface area (Å²) >= 11 is -2.25. The van der Waals surface area contributed by atoms with Crippen LogP contribution in [0.5, 0.6) is 0 Å². The van der Waals surface area contributed by atoms with Gasteiger partial charge in [-0.25, -0.2) is 0 Å². The Labute approximate surface area is 215 Å². The van der Waals surface area contributed by atoms with E-state index >= 15 is 0 Å². The van der Waals surface area contributed by atoms with Crippen molar-refractivity contribution in [3.8, 4) is 0 Å². The molecule has 2 aliphatic rings. The van der Waals surface area contributed by atoms with Crippen LogP contribution < -0.4 is 0 Å². The molecule has 2 aliphatic carbocycles. The molecule has 2 atom stereocenters. The van der Waals surface area contributed by atoms with Gasteiger partial charge in [0.2, 0.25) is 0 Å². The van der Waals surface area contributed by atoms with Crippen LogP contribution in [0.2, 0.25) is 13.1 Å². The zero-order valence-electron chi connectivity index (χ0n) is 19.6. The van der Waals surface area contributed by atoms with Crippen LogP contribution in [0, 0.1) is 23.4 Å². The van der Waals surface area contributed by atoms with E-state index in [-0.39, 0.29) is 34.0 Å². The molecule has 2 unspecified atom stereocenters. The zero-order valence-corrected chi connectivity index (χ0v) is 24.7. The van der Waals surface area contributed by atoms with Crippen molar-refractivity contribution < 1.29 is 33.5 Å². The second kappa shape index (κ2) is 10.8. The first-order valence-electron chi connectivity index (χ1n) is 10.7. The van der Waals surface area contributed by atoms with E-state index in [2.05, 4.69) is 52.9 Å². The maximum atomic E-state index is 14.8. The van der Waals surface area contributed by atoms with Crippen molar-refractivity contribution in [1.82, 2.24) is 0 Å². The number of allylic oxidation sites excluding steroid dienone is 5. The first-order chi connectivity index (χ1) is 14.6. The van der Waals surface area contributed by atoms with Crippen LogP contribution in [0.25, 0.3) is 5.57 Å². The Bertz CT molecular complexity index is 1220. The molecule has 0 saturated heterocycles. The Hall–Kier alpha value is -0.870. The van der Waals surface area contributed by atoms with Crippen molar-refractivity contribution >= 4 is 35.8 Å². The van der Waals surface area contributed by atoms with Gasteiger partial charge in [0.05, 0.1) is 0 Å². The quantitative estimate of drug-likeness (QED) is 0.315. The van der Waals surface area contributed by atoms with Crippen LogP contribution in [0.4, 0.5) is 13.2 Å². The smallest absolute Gasteiger partial charge is 0.147 e. The SMILES string of the molecule is CC1=C(C)C(C)[C]([Zr]([CH]2C=C(c3c(F)cc(F)cc3F)c3ccccc32)=[Si](C)C)=C1C.Cl.Cl. The number of fused-ring (bicyclic) bond motifs is 1. The van der Waals surface area contributed by atoms with Gasteiger partial charge in [0.25, 0.3) is 0 Å². The minimum Gasteiger partial charge on any atom is -0.147 e. The van der Waals surface area contributed by atoms with Gasteiger partial charge in [-0.3, -0.25) is 0 Å².